The van der Waals surface area contributed by atoms with E-state index in [1.165, 1.54) is 29.3 Å². The van der Waals surface area contributed by atoms with Crippen molar-refractivity contribution in [1.82, 2.24) is 10.4 Å². The lowest BCUT2D eigenvalue weighted by Gasteiger charge is -2.13. The number of hydrazone groups is 1. The van der Waals surface area contributed by atoms with Crippen LogP contribution < -0.4 is 19.6 Å². The van der Waals surface area contributed by atoms with E-state index in [1.807, 2.05) is 24.3 Å². The van der Waals surface area contributed by atoms with Gasteiger partial charge in [0.1, 0.15) is 5.75 Å². The second-order valence-electron chi connectivity index (χ2n) is 7.41. The molecule has 0 radical (unpaired) electrons. The minimum absolute atomic E-state index is 0.0951. The van der Waals surface area contributed by atoms with Crippen molar-refractivity contribution >= 4 is 63.0 Å². The molecule has 37 heavy (non-hydrogen) atoms. The van der Waals surface area contributed by atoms with E-state index in [2.05, 4.69) is 15.5 Å². The van der Waals surface area contributed by atoms with E-state index in [4.69, 9.17) is 25.8 Å². The van der Waals surface area contributed by atoms with Gasteiger partial charge < -0.3 is 14.2 Å². The van der Waals surface area contributed by atoms with Gasteiger partial charge >= 0.3 is 5.97 Å². The van der Waals surface area contributed by atoms with Crippen molar-refractivity contribution in [2.45, 2.75) is 11.3 Å². The van der Waals surface area contributed by atoms with Gasteiger partial charge in [0.05, 0.1) is 46.5 Å². The van der Waals surface area contributed by atoms with E-state index < -0.39 is 5.97 Å². The molecule has 0 bridgehead atoms. The van der Waals surface area contributed by atoms with Crippen LogP contribution in [-0.4, -0.2) is 42.5 Å². The first-order chi connectivity index (χ1) is 18.0. The van der Waals surface area contributed by atoms with Crippen molar-refractivity contribution in [2.24, 2.45) is 5.10 Å². The lowest BCUT2D eigenvalue weighted by Crippen LogP contribution is -2.19. The fourth-order valence-electron chi connectivity index (χ4n) is 3.15. The third kappa shape index (κ3) is 7.00. The number of esters is 1. The summed E-state index contributed by atoms with van der Waals surface area (Å²) in [4.78, 5) is 29.3. The number of rotatable bonds is 10. The van der Waals surface area contributed by atoms with Crippen LogP contribution in [0.5, 0.6) is 17.2 Å². The number of nitrogens with one attached hydrogen (secondary N) is 1. The number of amides is 1. The molecule has 0 aliphatic heterocycles. The maximum Gasteiger partial charge on any atom is 0.343 e. The van der Waals surface area contributed by atoms with Crippen molar-refractivity contribution in [1.29, 1.82) is 0 Å². The molecule has 0 aliphatic rings. The molecule has 1 heterocycles. The molecule has 3 aromatic carbocycles. The lowest BCUT2D eigenvalue weighted by molar-refractivity contribution is -0.118. The molecular formula is C26H22ClN3O5S2. The predicted octanol–water partition coefficient (Wildman–Crippen LogP) is 5.82. The quantitative estimate of drug-likeness (QED) is 0.0865. The summed E-state index contributed by atoms with van der Waals surface area (Å²) in [5.74, 6) is 0.290. The number of thioether (sulfide) groups is 1. The van der Waals surface area contributed by atoms with Crippen LogP contribution in [0.2, 0.25) is 5.02 Å². The number of methoxy groups -OCH3 is 1. The van der Waals surface area contributed by atoms with Crippen molar-refractivity contribution in [3.05, 3.63) is 76.8 Å². The van der Waals surface area contributed by atoms with Crippen LogP contribution in [0, 0.1) is 0 Å². The van der Waals surface area contributed by atoms with E-state index in [9.17, 15) is 9.59 Å². The van der Waals surface area contributed by atoms with Crippen LogP contribution in [0.1, 0.15) is 22.8 Å². The molecule has 0 saturated carbocycles. The summed E-state index contributed by atoms with van der Waals surface area (Å²) in [6.45, 7) is 2.12. The predicted molar refractivity (Wildman–Crippen MR) is 147 cm³/mol. The molecule has 11 heteroatoms. The maximum absolute atomic E-state index is 12.6. The summed E-state index contributed by atoms with van der Waals surface area (Å²) in [5.41, 5.74) is 4.28. The molecule has 0 aliphatic carbocycles. The Morgan fingerprint density at radius 1 is 1.16 bits per heavy atom. The number of halogens is 1. The minimum atomic E-state index is -0.593. The first-order valence-corrected chi connectivity index (χ1v) is 13.3. The van der Waals surface area contributed by atoms with Gasteiger partial charge in [0.15, 0.2) is 15.8 Å². The Hall–Kier alpha value is -3.60. The monoisotopic (exact) mass is 555 g/mol. The highest BCUT2D eigenvalue weighted by atomic mass is 35.5. The number of nitrogens with zero attached hydrogens (tertiary/aromatic N) is 2. The Labute approximate surface area is 226 Å². The third-order valence-corrected chi connectivity index (χ3v) is 7.32. The second kappa shape index (κ2) is 12.6. The van der Waals surface area contributed by atoms with Gasteiger partial charge in [-0.3, -0.25) is 4.79 Å². The number of ether oxygens (including phenoxy) is 3. The van der Waals surface area contributed by atoms with Gasteiger partial charge in [-0.05, 0) is 61.0 Å². The first kappa shape index (κ1) is 26.5. The Bertz CT molecular complexity index is 1410. The number of fused-ring (bicyclic) bond motifs is 1. The number of benzene rings is 3. The maximum atomic E-state index is 12.6. The number of carbonyl (C=O) groups is 2. The molecule has 1 aromatic heterocycles. The van der Waals surface area contributed by atoms with Crippen molar-refractivity contribution in [3.8, 4) is 17.2 Å². The summed E-state index contributed by atoms with van der Waals surface area (Å²) in [5, 5.41) is 4.16. The van der Waals surface area contributed by atoms with Crippen LogP contribution in [0.3, 0.4) is 0 Å². The number of hydrogen-bond donors (Lipinski definition) is 1. The van der Waals surface area contributed by atoms with Gasteiger partial charge in [0.2, 0.25) is 0 Å². The van der Waals surface area contributed by atoms with E-state index >= 15 is 0 Å². The molecule has 0 unspecified atom stereocenters. The Kier molecular flexibility index (Phi) is 8.99. The zero-order valence-corrected chi connectivity index (χ0v) is 22.3. The van der Waals surface area contributed by atoms with Crippen molar-refractivity contribution in [2.75, 3.05) is 19.5 Å². The highest BCUT2D eigenvalue weighted by Gasteiger charge is 2.18. The van der Waals surface area contributed by atoms with Crippen LogP contribution in [0.4, 0.5) is 0 Å². The Balaban J connectivity index is 1.38. The molecule has 1 N–H and O–H groups in total. The largest absolute Gasteiger partial charge is 0.497 e. The normalized spacial score (nSPS) is 11.0. The topological polar surface area (TPSA) is 99.1 Å². The van der Waals surface area contributed by atoms with Crippen LogP contribution in [0.15, 0.2) is 70.1 Å². The average Bonchev–Trinajstić information content (AvgIpc) is 3.33. The molecule has 1 amide bonds. The van der Waals surface area contributed by atoms with Gasteiger partial charge in [-0.1, -0.05) is 35.5 Å². The number of carbonyl (C=O) groups excluding carboxylic acids is 2. The fraction of sp³-hybridized carbons (Fsp3) is 0.154. The molecule has 0 atom stereocenters. The highest BCUT2D eigenvalue weighted by molar-refractivity contribution is 8.01. The standard InChI is InChI=1S/C26H22ClN3O5S2/c1-3-34-21-13-16(12-19(27)24(21)35-25(32)17-8-10-18(33-2)11-9-17)14-28-30-23(31)15-36-26-29-20-6-4-5-7-22(20)37-26/h4-14H,3,15H2,1-2H3,(H,30,31)/b28-14-. The van der Waals surface area contributed by atoms with Gasteiger partial charge in [0.25, 0.3) is 5.91 Å². The van der Waals surface area contributed by atoms with Gasteiger partial charge in [-0.2, -0.15) is 5.10 Å². The molecule has 8 nitrogen and oxygen atoms in total. The molecule has 0 saturated heterocycles. The number of hydrogen-bond acceptors (Lipinski definition) is 9. The van der Waals surface area contributed by atoms with Gasteiger partial charge in [-0.25, -0.2) is 15.2 Å². The third-order valence-electron chi connectivity index (χ3n) is 4.86. The zero-order chi connectivity index (χ0) is 26.2. The minimum Gasteiger partial charge on any atom is -0.497 e. The van der Waals surface area contributed by atoms with Crippen LogP contribution in [-0.2, 0) is 4.79 Å². The van der Waals surface area contributed by atoms with Crippen molar-refractivity contribution in [3.63, 3.8) is 0 Å². The first-order valence-electron chi connectivity index (χ1n) is 11.1. The smallest absolute Gasteiger partial charge is 0.343 e. The van der Waals surface area contributed by atoms with E-state index in [1.54, 1.807) is 50.4 Å². The zero-order valence-electron chi connectivity index (χ0n) is 19.9. The molecule has 0 fully saturated rings. The summed E-state index contributed by atoms with van der Waals surface area (Å²) >= 11 is 9.29. The average molecular weight is 556 g/mol. The summed E-state index contributed by atoms with van der Waals surface area (Å²) < 4.78 is 18.1. The number of thiazole rings is 1. The van der Waals surface area contributed by atoms with Crippen molar-refractivity contribution < 1.29 is 23.8 Å². The molecular weight excluding hydrogens is 534 g/mol. The lowest BCUT2D eigenvalue weighted by atomic mass is 10.2. The highest BCUT2D eigenvalue weighted by Crippen LogP contribution is 2.37. The van der Waals surface area contributed by atoms with E-state index in [0.717, 1.165) is 14.6 Å². The van der Waals surface area contributed by atoms with Crippen LogP contribution in [0.25, 0.3) is 10.2 Å². The molecule has 0 spiro atoms. The van der Waals surface area contributed by atoms with E-state index in [-0.39, 0.29) is 28.2 Å². The number of aromatic nitrogens is 1. The van der Waals surface area contributed by atoms with E-state index in [0.29, 0.717) is 23.5 Å². The SMILES string of the molecule is CCOc1cc(/C=N\NC(=O)CSc2nc3ccccc3s2)cc(Cl)c1OC(=O)c1ccc(OC)cc1. The fourth-order valence-corrected chi connectivity index (χ4v) is 5.27. The molecule has 4 aromatic rings. The van der Waals surface area contributed by atoms with Crippen LogP contribution >= 0.6 is 34.7 Å². The summed E-state index contributed by atoms with van der Waals surface area (Å²) in [6, 6.07) is 17.5. The Morgan fingerprint density at radius 2 is 1.95 bits per heavy atom. The Morgan fingerprint density at radius 3 is 2.68 bits per heavy atom. The molecule has 4 rings (SSSR count). The second-order valence-corrected chi connectivity index (χ2v) is 10.1. The summed E-state index contributed by atoms with van der Waals surface area (Å²) in [6.07, 6.45) is 1.43. The van der Waals surface area contributed by atoms with Gasteiger partial charge in [-0.15, -0.1) is 11.3 Å². The number of para-hydroxylation sites is 1. The summed E-state index contributed by atoms with van der Waals surface area (Å²) in [7, 11) is 1.54. The molecule has 190 valence electrons. The van der Waals surface area contributed by atoms with Gasteiger partial charge in [0, 0.05) is 0 Å².